The maximum Gasteiger partial charge on any atom is 0.0343 e. The first kappa shape index (κ1) is 14.3. The molecule has 0 aromatic heterocycles. The van der Waals surface area contributed by atoms with Crippen molar-refractivity contribution in [1.82, 2.24) is 10.2 Å². The van der Waals surface area contributed by atoms with Gasteiger partial charge in [-0.05, 0) is 44.1 Å². The molecule has 106 valence electrons. The largest absolute Gasteiger partial charge is 0.385 e. The second-order valence-electron chi connectivity index (χ2n) is 5.37. The van der Waals surface area contributed by atoms with Gasteiger partial charge in [0.25, 0.3) is 0 Å². The Labute approximate surface area is 116 Å². The van der Waals surface area contributed by atoms with E-state index in [1.54, 1.807) is 0 Å². The molecule has 19 heavy (non-hydrogen) atoms. The summed E-state index contributed by atoms with van der Waals surface area (Å²) < 4.78 is 0. The Morgan fingerprint density at radius 1 is 1.37 bits per heavy atom. The van der Waals surface area contributed by atoms with Crippen LogP contribution in [-0.2, 0) is 6.54 Å². The topological polar surface area (TPSA) is 53.3 Å². The van der Waals surface area contributed by atoms with Crippen LogP contribution in [0.5, 0.6) is 0 Å². The normalized spacial score (nSPS) is 19.8. The summed E-state index contributed by atoms with van der Waals surface area (Å²) in [6, 6.07) is 9.08. The molecular formula is C15H26N4. The van der Waals surface area contributed by atoms with E-state index in [0.29, 0.717) is 6.04 Å². The van der Waals surface area contributed by atoms with E-state index in [2.05, 4.69) is 39.8 Å². The van der Waals surface area contributed by atoms with Crippen LogP contribution in [0.4, 0.5) is 5.69 Å². The second-order valence-corrected chi connectivity index (χ2v) is 5.37. The molecule has 0 amide bonds. The summed E-state index contributed by atoms with van der Waals surface area (Å²) >= 11 is 0. The Hall–Kier alpha value is -1.10. The van der Waals surface area contributed by atoms with Crippen molar-refractivity contribution < 1.29 is 0 Å². The number of nitrogens with one attached hydrogen (secondary N) is 2. The third-order valence-corrected chi connectivity index (χ3v) is 3.57. The molecule has 1 aromatic carbocycles. The molecule has 1 saturated heterocycles. The first-order valence-corrected chi connectivity index (χ1v) is 7.23. The summed E-state index contributed by atoms with van der Waals surface area (Å²) in [7, 11) is 1.99. The molecule has 4 heteroatoms. The Kier molecular flexibility index (Phi) is 5.63. The first-order chi connectivity index (χ1) is 9.28. The Bertz CT molecular complexity index is 380. The molecule has 1 fully saturated rings. The van der Waals surface area contributed by atoms with E-state index in [1.165, 1.54) is 11.3 Å². The van der Waals surface area contributed by atoms with E-state index in [-0.39, 0.29) is 0 Å². The van der Waals surface area contributed by atoms with Crippen molar-refractivity contribution in [2.24, 2.45) is 5.73 Å². The lowest BCUT2D eigenvalue weighted by Gasteiger charge is -2.16. The van der Waals surface area contributed by atoms with Crippen molar-refractivity contribution in [3.8, 4) is 0 Å². The van der Waals surface area contributed by atoms with Gasteiger partial charge in [0.05, 0.1) is 0 Å². The predicted molar refractivity (Wildman–Crippen MR) is 81.3 cm³/mol. The van der Waals surface area contributed by atoms with Crippen LogP contribution in [0.1, 0.15) is 18.4 Å². The number of hydrogen-bond donors (Lipinski definition) is 3. The highest BCUT2D eigenvalue weighted by Crippen LogP contribution is 2.15. The van der Waals surface area contributed by atoms with E-state index >= 15 is 0 Å². The summed E-state index contributed by atoms with van der Waals surface area (Å²) in [5, 5.41) is 6.63. The molecule has 1 aliphatic rings. The van der Waals surface area contributed by atoms with Gasteiger partial charge < -0.3 is 16.4 Å². The summed E-state index contributed by atoms with van der Waals surface area (Å²) in [5.74, 6) is 0. The van der Waals surface area contributed by atoms with Gasteiger partial charge in [0.1, 0.15) is 0 Å². The van der Waals surface area contributed by atoms with Crippen molar-refractivity contribution in [1.29, 1.82) is 0 Å². The van der Waals surface area contributed by atoms with Crippen LogP contribution in [0, 0.1) is 0 Å². The summed E-state index contributed by atoms with van der Waals surface area (Å²) in [4.78, 5) is 2.44. The fourth-order valence-corrected chi connectivity index (χ4v) is 2.54. The number of nitrogens with zero attached hydrogens (tertiary/aromatic N) is 1. The Balaban J connectivity index is 1.81. The molecule has 2 rings (SSSR count). The molecule has 0 spiro atoms. The van der Waals surface area contributed by atoms with Gasteiger partial charge in [0, 0.05) is 37.9 Å². The van der Waals surface area contributed by atoms with E-state index in [0.717, 1.165) is 45.6 Å². The van der Waals surface area contributed by atoms with Crippen LogP contribution in [0.2, 0.25) is 0 Å². The van der Waals surface area contributed by atoms with Gasteiger partial charge in [-0.1, -0.05) is 12.1 Å². The molecule has 1 aromatic rings. The molecule has 1 aliphatic heterocycles. The number of anilines is 1. The third-order valence-electron chi connectivity index (χ3n) is 3.57. The SMILES string of the molecule is CNCCCNc1cccc(CN2CCC(N)C2)c1. The van der Waals surface area contributed by atoms with Crippen LogP contribution in [0.15, 0.2) is 24.3 Å². The van der Waals surface area contributed by atoms with E-state index in [4.69, 9.17) is 5.73 Å². The van der Waals surface area contributed by atoms with Gasteiger partial charge in [0.2, 0.25) is 0 Å². The Morgan fingerprint density at radius 2 is 2.26 bits per heavy atom. The molecule has 1 atom stereocenters. The first-order valence-electron chi connectivity index (χ1n) is 7.23. The van der Waals surface area contributed by atoms with Crippen LogP contribution in [0.25, 0.3) is 0 Å². The zero-order chi connectivity index (χ0) is 13.5. The fraction of sp³-hybridized carbons (Fsp3) is 0.600. The van der Waals surface area contributed by atoms with Crippen LogP contribution < -0.4 is 16.4 Å². The van der Waals surface area contributed by atoms with Crippen molar-refractivity contribution in [2.75, 3.05) is 38.5 Å². The molecular weight excluding hydrogens is 236 g/mol. The number of benzene rings is 1. The molecule has 1 heterocycles. The fourth-order valence-electron chi connectivity index (χ4n) is 2.54. The van der Waals surface area contributed by atoms with Crippen LogP contribution in [0.3, 0.4) is 0 Å². The standard InChI is InChI=1S/C15H26N4/c1-17-7-3-8-18-15-5-2-4-13(10-15)11-19-9-6-14(16)12-19/h2,4-5,10,14,17-18H,3,6-9,11-12,16H2,1H3. The van der Waals surface area contributed by atoms with Crippen molar-refractivity contribution in [3.63, 3.8) is 0 Å². The van der Waals surface area contributed by atoms with Crippen LogP contribution in [-0.4, -0.2) is 44.2 Å². The predicted octanol–water partition coefficient (Wildman–Crippen LogP) is 1.24. The van der Waals surface area contributed by atoms with Gasteiger partial charge in [-0.3, -0.25) is 4.90 Å². The minimum Gasteiger partial charge on any atom is -0.385 e. The van der Waals surface area contributed by atoms with E-state index in [9.17, 15) is 0 Å². The number of nitrogens with two attached hydrogens (primary N) is 1. The lowest BCUT2D eigenvalue weighted by atomic mass is 10.2. The lowest BCUT2D eigenvalue weighted by Crippen LogP contribution is -2.26. The quantitative estimate of drug-likeness (QED) is 0.647. The summed E-state index contributed by atoms with van der Waals surface area (Å²) in [6.45, 7) is 5.23. The summed E-state index contributed by atoms with van der Waals surface area (Å²) in [5.41, 5.74) is 8.53. The van der Waals surface area contributed by atoms with E-state index < -0.39 is 0 Å². The highest BCUT2D eigenvalue weighted by molar-refractivity contribution is 5.45. The molecule has 1 unspecified atom stereocenters. The third kappa shape index (κ3) is 4.82. The monoisotopic (exact) mass is 262 g/mol. The highest BCUT2D eigenvalue weighted by atomic mass is 15.2. The van der Waals surface area contributed by atoms with Crippen molar-refractivity contribution in [2.45, 2.75) is 25.4 Å². The van der Waals surface area contributed by atoms with Gasteiger partial charge in [-0.15, -0.1) is 0 Å². The number of rotatable bonds is 7. The highest BCUT2D eigenvalue weighted by Gasteiger charge is 2.18. The van der Waals surface area contributed by atoms with Crippen molar-refractivity contribution in [3.05, 3.63) is 29.8 Å². The van der Waals surface area contributed by atoms with Gasteiger partial charge in [-0.2, -0.15) is 0 Å². The second kappa shape index (κ2) is 7.48. The maximum absolute atomic E-state index is 5.94. The van der Waals surface area contributed by atoms with Gasteiger partial charge in [-0.25, -0.2) is 0 Å². The average Bonchev–Trinajstić information content (AvgIpc) is 2.81. The van der Waals surface area contributed by atoms with Gasteiger partial charge in [0.15, 0.2) is 0 Å². The summed E-state index contributed by atoms with van der Waals surface area (Å²) in [6.07, 6.45) is 2.27. The number of likely N-dealkylation sites (tertiary alicyclic amines) is 1. The Morgan fingerprint density at radius 3 is 3.00 bits per heavy atom. The van der Waals surface area contributed by atoms with Crippen LogP contribution >= 0.6 is 0 Å². The minimum atomic E-state index is 0.364. The average molecular weight is 262 g/mol. The molecule has 0 radical (unpaired) electrons. The van der Waals surface area contributed by atoms with Crippen molar-refractivity contribution >= 4 is 5.69 Å². The zero-order valence-corrected chi connectivity index (χ0v) is 11.9. The minimum absolute atomic E-state index is 0.364. The molecule has 0 aliphatic carbocycles. The smallest absolute Gasteiger partial charge is 0.0343 e. The maximum atomic E-state index is 5.94. The van der Waals surface area contributed by atoms with Gasteiger partial charge >= 0.3 is 0 Å². The molecule has 4 N–H and O–H groups in total. The molecule has 0 saturated carbocycles. The molecule has 0 bridgehead atoms. The zero-order valence-electron chi connectivity index (χ0n) is 11.9. The lowest BCUT2D eigenvalue weighted by molar-refractivity contribution is 0.327. The number of hydrogen-bond acceptors (Lipinski definition) is 4. The molecule has 4 nitrogen and oxygen atoms in total. The van der Waals surface area contributed by atoms with E-state index in [1.807, 2.05) is 7.05 Å².